The molecule has 1 fully saturated rings. The average Bonchev–Trinajstić information content (AvgIpc) is 3.32. The summed E-state index contributed by atoms with van der Waals surface area (Å²) in [5.74, 6) is 2.02. The summed E-state index contributed by atoms with van der Waals surface area (Å²) in [5.41, 5.74) is 1.09. The van der Waals surface area contributed by atoms with E-state index in [1.165, 1.54) is 0 Å². The summed E-state index contributed by atoms with van der Waals surface area (Å²) in [5, 5.41) is 5.70. The Hall–Kier alpha value is -1.76. The SMILES string of the molecule is COc1ccc(Cl)cc1OC[C@@H]1C[C@@H]1c1ccc(S(N)(=O)=O)cc1. The van der Waals surface area contributed by atoms with Gasteiger partial charge in [-0.15, -0.1) is 0 Å². The molecule has 0 radical (unpaired) electrons. The Kier molecular flexibility index (Phi) is 4.71. The van der Waals surface area contributed by atoms with E-state index >= 15 is 0 Å². The van der Waals surface area contributed by atoms with Gasteiger partial charge in [0, 0.05) is 17.0 Å². The molecule has 24 heavy (non-hydrogen) atoms. The van der Waals surface area contributed by atoms with Crippen molar-refractivity contribution in [2.45, 2.75) is 17.2 Å². The number of ether oxygens (including phenoxy) is 2. The molecule has 0 heterocycles. The van der Waals surface area contributed by atoms with Crippen LogP contribution in [0.1, 0.15) is 17.9 Å². The molecule has 0 bridgehead atoms. The molecule has 0 aliphatic heterocycles. The van der Waals surface area contributed by atoms with Crippen LogP contribution in [0.15, 0.2) is 47.4 Å². The van der Waals surface area contributed by atoms with Crippen LogP contribution >= 0.6 is 11.6 Å². The second kappa shape index (κ2) is 6.63. The fraction of sp³-hybridized carbons (Fsp3) is 0.294. The van der Waals surface area contributed by atoms with Gasteiger partial charge in [0.15, 0.2) is 11.5 Å². The highest BCUT2D eigenvalue weighted by Gasteiger charge is 2.39. The molecule has 0 amide bonds. The van der Waals surface area contributed by atoms with Crippen molar-refractivity contribution in [1.82, 2.24) is 0 Å². The molecular weight excluding hydrogens is 350 g/mol. The lowest BCUT2D eigenvalue weighted by atomic mass is 10.1. The van der Waals surface area contributed by atoms with E-state index in [2.05, 4.69) is 0 Å². The maximum Gasteiger partial charge on any atom is 0.238 e. The van der Waals surface area contributed by atoms with Gasteiger partial charge < -0.3 is 9.47 Å². The summed E-state index contributed by atoms with van der Waals surface area (Å²) in [6.07, 6.45) is 0.998. The lowest BCUT2D eigenvalue weighted by Crippen LogP contribution is -2.11. The molecule has 5 nitrogen and oxygen atoms in total. The Morgan fingerprint density at radius 2 is 1.88 bits per heavy atom. The number of sulfonamides is 1. The van der Waals surface area contributed by atoms with Gasteiger partial charge >= 0.3 is 0 Å². The molecule has 2 atom stereocenters. The van der Waals surface area contributed by atoms with Gasteiger partial charge in [-0.1, -0.05) is 23.7 Å². The summed E-state index contributed by atoms with van der Waals surface area (Å²) in [7, 11) is -2.06. The van der Waals surface area contributed by atoms with Crippen LogP contribution in [0.25, 0.3) is 0 Å². The van der Waals surface area contributed by atoms with Crippen molar-refractivity contribution in [3.63, 3.8) is 0 Å². The van der Waals surface area contributed by atoms with E-state index in [-0.39, 0.29) is 4.90 Å². The smallest absolute Gasteiger partial charge is 0.238 e. The number of benzene rings is 2. The zero-order valence-electron chi connectivity index (χ0n) is 13.1. The predicted molar refractivity (Wildman–Crippen MR) is 92.2 cm³/mol. The van der Waals surface area contributed by atoms with E-state index in [0.29, 0.717) is 35.0 Å². The first-order valence-electron chi connectivity index (χ1n) is 7.47. The molecular formula is C17H18ClNO4S. The van der Waals surface area contributed by atoms with Gasteiger partial charge in [-0.3, -0.25) is 0 Å². The predicted octanol–water partition coefficient (Wildman–Crippen LogP) is 3.18. The minimum atomic E-state index is -3.65. The zero-order chi connectivity index (χ0) is 17.3. The number of nitrogens with two attached hydrogens (primary N) is 1. The molecule has 128 valence electrons. The molecule has 7 heteroatoms. The quantitative estimate of drug-likeness (QED) is 0.850. The second-order valence-electron chi connectivity index (χ2n) is 5.82. The van der Waals surface area contributed by atoms with E-state index in [1.54, 1.807) is 37.4 Å². The third kappa shape index (κ3) is 3.83. The third-order valence-corrected chi connectivity index (χ3v) is 5.30. The maximum absolute atomic E-state index is 11.3. The zero-order valence-corrected chi connectivity index (χ0v) is 14.7. The van der Waals surface area contributed by atoms with Crippen molar-refractivity contribution in [3.05, 3.63) is 53.1 Å². The molecule has 2 N–H and O–H groups in total. The first kappa shape index (κ1) is 17.1. The van der Waals surface area contributed by atoms with Gasteiger partial charge in [0.2, 0.25) is 10.0 Å². The van der Waals surface area contributed by atoms with Crippen LogP contribution in [0.5, 0.6) is 11.5 Å². The maximum atomic E-state index is 11.3. The van der Waals surface area contributed by atoms with Gasteiger partial charge in [0.25, 0.3) is 0 Å². The van der Waals surface area contributed by atoms with Crippen molar-refractivity contribution in [2.24, 2.45) is 11.1 Å². The number of halogens is 1. The summed E-state index contributed by atoms with van der Waals surface area (Å²) in [4.78, 5) is 0.128. The summed E-state index contributed by atoms with van der Waals surface area (Å²) in [6, 6.07) is 12.0. The first-order valence-corrected chi connectivity index (χ1v) is 9.40. The highest BCUT2D eigenvalue weighted by Crippen LogP contribution is 2.48. The van der Waals surface area contributed by atoms with Crippen molar-refractivity contribution < 1.29 is 17.9 Å². The molecule has 3 rings (SSSR count). The fourth-order valence-corrected chi connectivity index (χ4v) is 3.38. The van der Waals surface area contributed by atoms with Gasteiger partial charge in [-0.25, -0.2) is 13.6 Å². The van der Waals surface area contributed by atoms with Crippen LogP contribution in [-0.2, 0) is 10.0 Å². The van der Waals surface area contributed by atoms with Crippen LogP contribution in [0.2, 0.25) is 5.02 Å². The van der Waals surface area contributed by atoms with E-state index in [4.69, 9.17) is 26.2 Å². The molecule has 1 aliphatic carbocycles. The molecule has 0 spiro atoms. The fourth-order valence-electron chi connectivity index (χ4n) is 2.70. The summed E-state index contributed by atoms with van der Waals surface area (Å²) >= 11 is 5.99. The van der Waals surface area contributed by atoms with Crippen LogP contribution in [0.4, 0.5) is 0 Å². The summed E-state index contributed by atoms with van der Waals surface area (Å²) in [6.45, 7) is 0.554. The topological polar surface area (TPSA) is 78.6 Å². The number of primary sulfonamides is 1. The van der Waals surface area contributed by atoms with Crippen molar-refractivity contribution in [3.8, 4) is 11.5 Å². The number of hydrogen-bond acceptors (Lipinski definition) is 4. The normalized spacial score (nSPS) is 19.8. The Morgan fingerprint density at radius 3 is 2.50 bits per heavy atom. The number of methoxy groups -OCH3 is 1. The lowest BCUT2D eigenvalue weighted by molar-refractivity contribution is 0.278. The standard InChI is InChI=1S/C17H18ClNO4S/c1-22-16-7-4-13(18)9-17(16)23-10-12-8-15(12)11-2-5-14(6-3-11)24(19,20)21/h2-7,9,12,15H,8,10H2,1H3,(H2,19,20,21)/t12-,15+/m0/s1. The Bertz CT molecular complexity index is 836. The second-order valence-corrected chi connectivity index (χ2v) is 7.82. The molecule has 0 unspecified atom stereocenters. The highest BCUT2D eigenvalue weighted by atomic mass is 35.5. The van der Waals surface area contributed by atoms with Crippen LogP contribution in [0, 0.1) is 5.92 Å². The Labute approximate surface area is 146 Å². The van der Waals surface area contributed by atoms with Crippen molar-refractivity contribution in [1.29, 1.82) is 0 Å². The minimum absolute atomic E-state index is 0.128. The van der Waals surface area contributed by atoms with E-state index < -0.39 is 10.0 Å². The molecule has 2 aromatic rings. The Balaban J connectivity index is 1.61. The minimum Gasteiger partial charge on any atom is -0.493 e. The molecule has 1 aliphatic rings. The van der Waals surface area contributed by atoms with Gasteiger partial charge in [0.05, 0.1) is 18.6 Å². The molecule has 2 aromatic carbocycles. The number of rotatable bonds is 6. The highest BCUT2D eigenvalue weighted by molar-refractivity contribution is 7.89. The van der Waals surface area contributed by atoms with E-state index in [0.717, 1.165) is 12.0 Å². The van der Waals surface area contributed by atoms with Crippen LogP contribution in [0.3, 0.4) is 0 Å². The van der Waals surface area contributed by atoms with E-state index in [9.17, 15) is 8.42 Å². The van der Waals surface area contributed by atoms with Crippen LogP contribution in [-0.4, -0.2) is 22.1 Å². The van der Waals surface area contributed by atoms with E-state index in [1.807, 2.05) is 12.1 Å². The number of hydrogen-bond donors (Lipinski definition) is 1. The van der Waals surface area contributed by atoms with Crippen LogP contribution < -0.4 is 14.6 Å². The molecule has 0 saturated heterocycles. The lowest BCUT2D eigenvalue weighted by Gasteiger charge is -2.11. The monoisotopic (exact) mass is 367 g/mol. The van der Waals surface area contributed by atoms with Gasteiger partial charge in [0.1, 0.15) is 0 Å². The third-order valence-electron chi connectivity index (χ3n) is 4.14. The van der Waals surface area contributed by atoms with Crippen molar-refractivity contribution >= 4 is 21.6 Å². The van der Waals surface area contributed by atoms with Gasteiger partial charge in [-0.2, -0.15) is 0 Å². The molecule has 1 saturated carbocycles. The largest absolute Gasteiger partial charge is 0.493 e. The van der Waals surface area contributed by atoms with Gasteiger partial charge in [-0.05, 0) is 42.2 Å². The Morgan fingerprint density at radius 1 is 1.17 bits per heavy atom. The first-order chi connectivity index (χ1) is 11.4. The summed E-state index contributed by atoms with van der Waals surface area (Å²) < 4.78 is 33.6. The average molecular weight is 368 g/mol. The molecule has 0 aromatic heterocycles. The van der Waals surface area contributed by atoms with Crippen molar-refractivity contribution in [2.75, 3.05) is 13.7 Å².